The fourth-order valence-corrected chi connectivity index (χ4v) is 2.89. The fraction of sp³-hybridized carbons (Fsp3) is 0. The molecule has 0 unspecified atom stereocenters. The average molecular weight is 393 g/mol. The van der Waals surface area contributed by atoms with Crippen LogP contribution in [-0.2, 0) is 0 Å². The van der Waals surface area contributed by atoms with Gasteiger partial charge in [-0.15, -0.1) is 0 Å². The molecule has 0 atom stereocenters. The van der Waals surface area contributed by atoms with Gasteiger partial charge in [-0.25, -0.2) is 4.98 Å². The molecule has 3 nitrogen and oxygen atoms in total. The Morgan fingerprint density at radius 2 is 1.70 bits per heavy atom. The van der Waals surface area contributed by atoms with E-state index >= 15 is 0 Å². The molecular formula is C22H14Cl2N2O. The Morgan fingerprint density at radius 3 is 2.56 bits per heavy atom. The lowest BCUT2D eigenvalue weighted by molar-refractivity contribution is 0.620. The van der Waals surface area contributed by atoms with Gasteiger partial charge in [-0.3, -0.25) is 4.99 Å². The lowest BCUT2D eigenvalue weighted by atomic mass is 10.2. The summed E-state index contributed by atoms with van der Waals surface area (Å²) < 4.78 is 5.81. The van der Waals surface area contributed by atoms with E-state index in [-0.39, 0.29) is 0 Å². The SMILES string of the molecule is Clc1ccc(/C=C/C=Nc2cccc(-c3nc4cc(Cl)ccc4o3)c2)cc1. The number of oxazole rings is 1. The number of aromatic nitrogens is 1. The van der Waals surface area contributed by atoms with Crippen molar-refractivity contribution in [2.75, 3.05) is 0 Å². The van der Waals surface area contributed by atoms with Crippen molar-refractivity contribution in [3.05, 3.63) is 88.4 Å². The van der Waals surface area contributed by atoms with Gasteiger partial charge >= 0.3 is 0 Å². The minimum absolute atomic E-state index is 0.543. The number of nitrogens with zero attached hydrogens (tertiary/aromatic N) is 2. The van der Waals surface area contributed by atoms with Gasteiger partial charge in [0.15, 0.2) is 5.58 Å². The topological polar surface area (TPSA) is 38.4 Å². The Balaban J connectivity index is 1.53. The van der Waals surface area contributed by atoms with Crippen molar-refractivity contribution in [2.45, 2.75) is 0 Å². The Kier molecular flexibility index (Phi) is 5.05. The van der Waals surface area contributed by atoms with Crippen molar-refractivity contribution in [3.8, 4) is 11.5 Å². The molecule has 4 aromatic rings. The van der Waals surface area contributed by atoms with E-state index in [1.807, 2.05) is 66.7 Å². The number of hydrogen-bond acceptors (Lipinski definition) is 3. The highest BCUT2D eigenvalue weighted by atomic mass is 35.5. The van der Waals surface area contributed by atoms with Gasteiger partial charge in [-0.05, 0) is 60.2 Å². The van der Waals surface area contributed by atoms with Crippen LogP contribution in [0, 0.1) is 0 Å². The van der Waals surface area contributed by atoms with E-state index in [0.717, 1.165) is 27.4 Å². The van der Waals surface area contributed by atoms with Crippen LogP contribution in [-0.4, -0.2) is 11.2 Å². The van der Waals surface area contributed by atoms with Crippen molar-refractivity contribution in [3.63, 3.8) is 0 Å². The average Bonchev–Trinajstić information content (AvgIpc) is 3.10. The molecule has 0 radical (unpaired) electrons. The highest BCUT2D eigenvalue weighted by molar-refractivity contribution is 6.31. The van der Waals surface area contributed by atoms with Crippen LogP contribution in [0.15, 0.2) is 82.2 Å². The molecule has 0 spiro atoms. The first-order valence-electron chi connectivity index (χ1n) is 8.30. The second-order valence-corrected chi connectivity index (χ2v) is 6.74. The normalized spacial score (nSPS) is 11.8. The zero-order chi connectivity index (χ0) is 18.6. The summed E-state index contributed by atoms with van der Waals surface area (Å²) in [6.07, 6.45) is 5.60. The van der Waals surface area contributed by atoms with Gasteiger partial charge in [0.2, 0.25) is 5.89 Å². The second kappa shape index (κ2) is 7.78. The van der Waals surface area contributed by atoms with Crippen LogP contribution >= 0.6 is 23.2 Å². The van der Waals surface area contributed by atoms with Crippen LogP contribution < -0.4 is 0 Å². The molecule has 0 fully saturated rings. The molecule has 0 aliphatic rings. The Labute approximate surface area is 166 Å². The highest BCUT2D eigenvalue weighted by Crippen LogP contribution is 2.28. The zero-order valence-electron chi connectivity index (χ0n) is 14.1. The lowest BCUT2D eigenvalue weighted by Crippen LogP contribution is -1.77. The second-order valence-electron chi connectivity index (χ2n) is 5.87. The molecule has 0 saturated heterocycles. The maximum Gasteiger partial charge on any atom is 0.227 e. The summed E-state index contributed by atoms with van der Waals surface area (Å²) in [5, 5.41) is 1.35. The molecular weight excluding hydrogens is 379 g/mol. The lowest BCUT2D eigenvalue weighted by Gasteiger charge is -1.97. The van der Waals surface area contributed by atoms with Gasteiger partial charge in [-0.1, -0.05) is 47.5 Å². The maximum absolute atomic E-state index is 6.01. The predicted octanol–water partition coefficient (Wildman–Crippen LogP) is 7.22. The number of hydrogen-bond donors (Lipinski definition) is 0. The Morgan fingerprint density at radius 1 is 0.889 bits per heavy atom. The van der Waals surface area contributed by atoms with Crippen LogP contribution in [0.1, 0.15) is 5.56 Å². The molecule has 0 aliphatic heterocycles. The molecule has 0 amide bonds. The monoisotopic (exact) mass is 392 g/mol. The third-order valence-electron chi connectivity index (χ3n) is 3.91. The van der Waals surface area contributed by atoms with Crippen molar-refractivity contribution in [1.29, 1.82) is 0 Å². The molecule has 0 aliphatic carbocycles. The molecule has 0 saturated carbocycles. The summed E-state index contributed by atoms with van der Waals surface area (Å²) in [5.74, 6) is 0.543. The standard InChI is InChI=1S/C22H14Cl2N2O/c23-17-8-6-15(7-9-17)3-2-12-25-19-5-1-4-16(13-19)22-26-20-14-18(24)10-11-21(20)27-22/h1-14H/b3-2+,25-12?. The smallest absolute Gasteiger partial charge is 0.227 e. The largest absolute Gasteiger partial charge is 0.436 e. The van der Waals surface area contributed by atoms with E-state index < -0.39 is 0 Å². The number of benzene rings is 3. The van der Waals surface area contributed by atoms with Crippen molar-refractivity contribution >= 4 is 52.3 Å². The number of allylic oxidation sites excluding steroid dienone is 1. The summed E-state index contributed by atoms with van der Waals surface area (Å²) in [6, 6.07) is 20.7. The minimum Gasteiger partial charge on any atom is -0.436 e. The van der Waals surface area contributed by atoms with Crippen LogP contribution in [0.4, 0.5) is 5.69 Å². The minimum atomic E-state index is 0.543. The summed E-state index contributed by atoms with van der Waals surface area (Å²) in [4.78, 5) is 8.97. The molecule has 27 heavy (non-hydrogen) atoms. The van der Waals surface area contributed by atoms with Gasteiger partial charge in [0.1, 0.15) is 5.52 Å². The Bertz CT molecular complexity index is 1140. The molecule has 1 aromatic heterocycles. The summed E-state index contributed by atoms with van der Waals surface area (Å²) in [6.45, 7) is 0. The molecule has 3 aromatic carbocycles. The van der Waals surface area contributed by atoms with E-state index in [0.29, 0.717) is 16.5 Å². The Hall–Kier alpha value is -2.88. The van der Waals surface area contributed by atoms with Crippen LogP contribution in [0.3, 0.4) is 0 Å². The van der Waals surface area contributed by atoms with E-state index in [9.17, 15) is 0 Å². The van der Waals surface area contributed by atoms with Crippen molar-refractivity contribution in [1.82, 2.24) is 4.98 Å². The quantitative estimate of drug-likeness (QED) is 0.343. The van der Waals surface area contributed by atoms with Crippen molar-refractivity contribution in [2.24, 2.45) is 4.99 Å². The van der Waals surface area contributed by atoms with Crippen LogP contribution in [0.25, 0.3) is 28.6 Å². The molecule has 4 rings (SSSR count). The third kappa shape index (κ3) is 4.27. The fourth-order valence-electron chi connectivity index (χ4n) is 2.60. The van der Waals surface area contributed by atoms with E-state index in [4.69, 9.17) is 27.6 Å². The number of aliphatic imine (C=N–C) groups is 1. The summed E-state index contributed by atoms with van der Waals surface area (Å²) in [5.41, 5.74) is 4.17. The van der Waals surface area contributed by atoms with Crippen LogP contribution in [0.5, 0.6) is 0 Å². The molecule has 0 N–H and O–H groups in total. The number of rotatable bonds is 4. The molecule has 1 heterocycles. The predicted molar refractivity (Wildman–Crippen MR) is 113 cm³/mol. The van der Waals surface area contributed by atoms with Crippen molar-refractivity contribution < 1.29 is 4.42 Å². The molecule has 0 bridgehead atoms. The first-order chi connectivity index (χ1) is 13.2. The van der Waals surface area contributed by atoms with Gasteiger partial charge in [-0.2, -0.15) is 0 Å². The van der Waals surface area contributed by atoms with E-state index in [1.54, 1.807) is 18.3 Å². The first kappa shape index (κ1) is 17.5. The highest BCUT2D eigenvalue weighted by Gasteiger charge is 2.08. The maximum atomic E-state index is 6.01. The number of halogens is 2. The summed E-state index contributed by atoms with van der Waals surface area (Å²) in [7, 11) is 0. The van der Waals surface area contributed by atoms with Gasteiger partial charge in [0.25, 0.3) is 0 Å². The third-order valence-corrected chi connectivity index (χ3v) is 4.40. The van der Waals surface area contributed by atoms with E-state index in [2.05, 4.69) is 9.98 Å². The molecule has 5 heteroatoms. The van der Waals surface area contributed by atoms with Gasteiger partial charge in [0, 0.05) is 21.8 Å². The van der Waals surface area contributed by atoms with Gasteiger partial charge < -0.3 is 4.42 Å². The van der Waals surface area contributed by atoms with Gasteiger partial charge in [0.05, 0.1) is 5.69 Å². The summed E-state index contributed by atoms with van der Waals surface area (Å²) >= 11 is 11.9. The first-order valence-corrected chi connectivity index (χ1v) is 9.06. The zero-order valence-corrected chi connectivity index (χ0v) is 15.7. The van der Waals surface area contributed by atoms with Crippen LogP contribution in [0.2, 0.25) is 10.0 Å². The van der Waals surface area contributed by atoms with E-state index in [1.165, 1.54) is 0 Å². The molecule has 132 valence electrons. The number of fused-ring (bicyclic) bond motifs is 1.